The molecule has 1 fully saturated rings. The molecule has 1 aromatic carbocycles. The van der Waals surface area contributed by atoms with Crippen LogP contribution in [0.15, 0.2) is 30.5 Å². The molecule has 1 N–H and O–H groups in total. The van der Waals surface area contributed by atoms with Gasteiger partial charge in [-0.1, -0.05) is 6.92 Å². The molecule has 1 saturated heterocycles. The number of rotatable bonds is 3. The Kier molecular flexibility index (Phi) is 4.11. The summed E-state index contributed by atoms with van der Waals surface area (Å²) in [7, 11) is 0. The molecular weight excluding hydrogens is 319 g/mol. The molecule has 0 aliphatic carbocycles. The van der Waals surface area contributed by atoms with Crippen molar-refractivity contribution in [3.63, 3.8) is 0 Å². The van der Waals surface area contributed by atoms with Crippen LogP contribution in [0, 0.1) is 5.82 Å². The molecule has 0 radical (unpaired) electrons. The van der Waals surface area contributed by atoms with E-state index in [4.69, 9.17) is 4.98 Å². The van der Waals surface area contributed by atoms with E-state index in [0.717, 1.165) is 42.5 Å². The molecule has 2 unspecified atom stereocenters. The smallest absolute Gasteiger partial charge is 0.318 e. The Labute approximate surface area is 146 Å². The zero-order chi connectivity index (χ0) is 17.4. The number of aromatic nitrogens is 2. The van der Waals surface area contributed by atoms with Gasteiger partial charge in [0.1, 0.15) is 5.82 Å². The molecule has 0 spiro atoms. The standard InChI is InChI=1S/C19H21FN4O/c1-2-9-21-19(25)24-14-7-8-17(24)15-11-22-18(23-16(15)10-14)12-3-5-13(20)6-4-12/h3-6,11,14,17H,2,7-10H2,1H3,(H,21,25). The number of carbonyl (C=O) groups excluding carboxylic acids is 1. The summed E-state index contributed by atoms with van der Waals surface area (Å²) < 4.78 is 13.1. The van der Waals surface area contributed by atoms with Gasteiger partial charge in [-0.25, -0.2) is 19.2 Å². The molecule has 3 heterocycles. The van der Waals surface area contributed by atoms with Crippen molar-refractivity contribution < 1.29 is 9.18 Å². The maximum Gasteiger partial charge on any atom is 0.318 e. The predicted octanol–water partition coefficient (Wildman–Crippen LogP) is 3.46. The van der Waals surface area contributed by atoms with Crippen LogP contribution in [0.2, 0.25) is 0 Å². The van der Waals surface area contributed by atoms with E-state index in [2.05, 4.69) is 10.3 Å². The largest absolute Gasteiger partial charge is 0.338 e. The van der Waals surface area contributed by atoms with Gasteiger partial charge in [0.25, 0.3) is 0 Å². The van der Waals surface area contributed by atoms with Crippen LogP contribution in [-0.4, -0.2) is 33.5 Å². The minimum Gasteiger partial charge on any atom is -0.338 e. The monoisotopic (exact) mass is 340 g/mol. The summed E-state index contributed by atoms with van der Waals surface area (Å²) in [6, 6.07) is 6.50. The van der Waals surface area contributed by atoms with Gasteiger partial charge in [0, 0.05) is 36.3 Å². The Bertz CT molecular complexity index is 793. The molecule has 2 bridgehead atoms. The van der Waals surface area contributed by atoms with Crippen LogP contribution in [0.1, 0.15) is 43.5 Å². The van der Waals surface area contributed by atoms with Crippen molar-refractivity contribution in [3.8, 4) is 11.4 Å². The molecule has 130 valence electrons. The quantitative estimate of drug-likeness (QED) is 0.931. The molecule has 2 amide bonds. The van der Waals surface area contributed by atoms with Gasteiger partial charge < -0.3 is 10.2 Å². The summed E-state index contributed by atoms with van der Waals surface area (Å²) in [5.74, 6) is 0.343. The molecule has 2 aromatic rings. The summed E-state index contributed by atoms with van der Waals surface area (Å²) in [5.41, 5.74) is 2.87. The molecule has 5 nitrogen and oxygen atoms in total. The van der Waals surface area contributed by atoms with Gasteiger partial charge in [-0.15, -0.1) is 0 Å². The van der Waals surface area contributed by atoms with Crippen molar-refractivity contribution in [2.24, 2.45) is 0 Å². The highest BCUT2D eigenvalue weighted by Crippen LogP contribution is 2.43. The van der Waals surface area contributed by atoms with Gasteiger partial charge >= 0.3 is 6.03 Å². The lowest BCUT2D eigenvalue weighted by molar-refractivity contribution is 0.165. The van der Waals surface area contributed by atoms with Crippen molar-refractivity contribution in [2.45, 2.75) is 44.7 Å². The molecule has 1 aromatic heterocycles. The molecular formula is C19H21FN4O. The minimum absolute atomic E-state index is 0.0163. The third-order valence-electron chi connectivity index (χ3n) is 5.05. The Morgan fingerprint density at radius 1 is 1.32 bits per heavy atom. The van der Waals surface area contributed by atoms with E-state index in [1.165, 1.54) is 12.1 Å². The number of fused-ring (bicyclic) bond motifs is 4. The van der Waals surface area contributed by atoms with E-state index in [1.807, 2.05) is 18.0 Å². The van der Waals surface area contributed by atoms with Gasteiger partial charge in [-0.05, 0) is 43.5 Å². The lowest BCUT2D eigenvalue weighted by atomic mass is 9.99. The molecule has 2 aliphatic heterocycles. The van der Waals surface area contributed by atoms with Crippen molar-refractivity contribution in [1.29, 1.82) is 0 Å². The van der Waals surface area contributed by atoms with E-state index in [9.17, 15) is 9.18 Å². The van der Waals surface area contributed by atoms with E-state index >= 15 is 0 Å². The van der Waals surface area contributed by atoms with E-state index in [1.54, 1.807) is 12.1 Å². The van der Waals surface area contributed by atoms with E-state index < -0.39 is 0 Å². The lowest BCUT2D eigenvalue weighted by Crippen LogP contribution is -2.47. The third kappa shape index (κ3) is 2.86. The first-order valence-electron chi connectivity index (χ1n) is 8.85. The summed E-state index contributed by atoms with van der Waals surface area (Å²) in [5, 5.41) is 2.99. The Morgan fingerprint density at radius 2 is 2.12 bits per heavy atom. The Morgan fingerprint density at radius 3 is 2.88 bits per heavy atom. The molecule has 2 aliphatic rings. The summed E-state index contributed by atoms with van der Waals surface area (Å²) in [6.45, 7) is 2.74. The first-order valence-corrected chi connectivity index (χ1v) is 8.85. The average Bonchev–Trinajstić information content (AvgIpc) is 2.95. The second kappa shape index (κ2) is 6.43. The second-order valence-electron chi connectivity index (χ2n) is 6.69. The molecule has 2 atom stereocenters. The zero-order valence-corrected chi connectivity index (χ0v) is 14.2. The number of benzene rings is 1. The van der Waals surface area contributed by atoms with Crippen molar-refractivity contribution in [3.05, 3.63) is 47.5 Å². The normalized spacial score (nSPS) is 21.1. The predicted molar refractivity (Wildman–Crippen MR) is 92.4 cm³/mol. The second-order valence-corrected chi connectivity index (χ2v) is 6.69. The summed E-state index contributed by atoms with van der Waals surface area (Å²) in [6.07, 6.45) is 5.47. The van der Waals surface area contributed by atoms with Crippen LogP contribution < -0.4 is 5.32 Å². The van der Waals surface area contributed by atoms with Gasteiger partial charge in [0.15, 0.2) is 5.82 Å². The summed E-state index contributed by atoms with van der Waals surface area (Å²) in [4.78, 5) is 23.6. The van der Waals surface area contributed by atoms with Crippen LogP contribution in [-0.2, 0) is 6.42 Å². The first kappa shape index (κ1) is 16.0. The zero-order valence-electron chi connectivity index (χ0n) is 14.2. The molecule has 0 saturated carbocycles. The highest BCUT2D eigenvalue weighted by molar-refractivity contribution is 5.76. The number of carbonyl (C=O) groups is 1. The van der Waals surface area contributed by atoms with Gasteiger partial charge in [0.05, 0.1) is 11.7 Å². The van der Waals surface area contributed by atoms with Crippen molar-refractivity contribution >= 4 is 6.03 Å². The van der Waals surface area contributed by atoms with Gasteiger partial charge in [0.2, 0.25) is 0 Å². The van der Waals surface area contributed by atoms with E-state index in [0.29, 0.717) is 12.4 Å². The molecule has 25 heavy (non-hydrogen) atoms. The highest BCUT2D eigenvalue weighted by atomic mass is 19.1. The Balaban J connectivity index is 1.62. The van der Waals surface area contributed by atoms with Crippen molar-refractivity contribution in [1.82, 2.24) is 20.2 Å². The Hall–Kier alpha value is -2.50. The van der Waals surface area contributed by atoms with Crippen LogP contribution >= 0.6 is 0 Å². The van der Waals surface area contributed by atoms with Crippen LogP contribution in [0.5, 0.6) is 0 Å². The van der Waals surface area contributed by atoms with Crippen LogP contribution in [0.3, 0.4) is 0 Å². The SMILES string of the molecule is CCCNC(=O)N1C2CCC1c1cnc(-c3ccc(F)cc3)nc1C2. The number of urea groups is 1. The number of hydrogen-bond donors (Lipinski definition) is 1. The third-order valence-corrected chi connectivity index (χ3v) is 5.05. The molecule has 4 rings (SSSR count). The number of amides is 2. The maximum absolute atomic E-state index is 13.1. The number of nitrogens with one attached hydrogen (secondary N) is 1. The number of halogens is 1. The number of hydrogen-bond acceptors (Lipinski definition) is 3. The van der Waals surface area contributed by atoms with Crippen LogP contribution in [0.4, 0.5) is 9.18 Å². The van der Waals surface area contributed by atoms with Gasteiger partial charge in [-0.2, -0.15) is 0 Å². The maximum atomic E-state index is 13.1. The molecule has 6 heteroatoms. The highest BCUT2D eigenvalue weighted by Gasteiger charge is 2.43. The first-order chi connectivity index (χ1) is 12.2. The average molecular weight is 340 g/mol. The van der Waals surface area contributed by atoms with Gasteiger partial charge in [-0.3, -0.25) is 0 Å². The lowest BCUT2D eigenvalue weighted by Gasteiger charge is -2.35. The fourth-order valence-electron chi connectivity index (χ4n) is 3.85. The fraction of sp³-hybridized carbons (Fsp3) is 0.421. The minimum atomic E-state index is -0.270. The van der Waals surface area contributed by atoms with Crippen LogP contribution in [0.25, 0.3) is 11.4 Å². The topological polar surface area (TPSA) is 58.1 Å². The fourth-order valence-corrected chi connectivity index (χ4v) is 3.85. The number of nitrogens with zero attached hydrogens (tertiary/aromatic N) is 3. The van der Waals surface area contributed by atoms with Crippen molar-refractivity contribution in [2.75, 3.05) is 6.54 Å². The summed E-state index contributed by atoms with van der Waals surface area (Å²) >= 11 is 0. The van der Waals surface area contributed by atoms with E-state index in [-0.39, 0.29) is 23.9 Å².